The molecule has 0 unspecified atom stereocenters. The average molecular weight is 357 g/mol. The molecular formula is C18H32O3SSi. The van der Waals surface area contributed by atoms with Gasteiger partial charge in [0.2, 0.25) is 0 Å². The van der Waals surface area contributed by atoms with Crippen molar-refractivity contribution in [2.75, 3.05) is 25.6 Å². The summed E-state index contributed by atoms with van der Waals surface area (Å²) in [5.74, 6) is 1.07. The molecular weight excluding hydrogens is 324 g/mol. The summed E-state index contributed by atoms with van der Waals surface area (Å²) in [6.45, 7) is 12.5. The van der Waals surface area contributed by atoms with E-state index in [1.807, 2.05) is 32.5 Å². The molecule has 0 N–H and O–H groups in total. The minimum Gasteiger partial charge on any atom is -0.374 e. The molecule has 132 valence electrons. The highest BCUT2D eigenvalue weighted by molar-refractivity contribution is 8.00. The largest absolute Gasteiger partial charge is 0.500 e. The standard InChI is InChI=1S/C18H32O3SSi/c1-6-19-23(20-7-2,21-8-3)16-12-15-22-18(4,5)17-13-10-9-11-14-17/h9-11,13-14H,6-8,12,15-16H2,1-5H3. The summed E-state index contributed by atoms with van der Waals surface area (Å²) >= 11 is 1.98. The van der Waals surface area contributed by atoms with Gasteiger partial charge in [0.05, 0.1) is 0 Å². The second kappa shape index (κ2) is 10.5. The lowest BCUT2D eigenvalue weighted by atomic mass is 10.0. The molecule has 1 rings (SSSR count). The third-order valence-corrected chi connectivity index (χ3v) is 8.25. The van der Waals surface area contributed by atoms with Crippen LogP contribution >= 0.6 is 11.8 Å². The van der Waals surface area contributed by atoms with Crippen LogP contribution in [0.3, 0.4) is 0 Å². The van der Waals surface area contributed by atoms with Crippen LogP contribution in [-0.4, -0.2) is 34.4 Å². The quantitative estimate of drug-likeness (QED) is 0.385. The molecule has 3 nitrogen and oxygen atoms in total. The molecule has 0 aliphatic heterocycles. The van der Waals surface area contributed by atoms with Gasteiger partial charge in [-0.1, -0.05) is 30.3 Å². The molecule has 23 heavy (non-hydrogen) atoms. The number of hydrogen-bond acceptors (Lipinski definition) is 4. The van der Waals surface area contributed by atoms with Crippen molar-refractivity contribution in [3.8, 4) is 0 Å². The third-order valence-electron chi connectivity index (χ3n) is 3.65. The normalized spacial score (nSPS) is 12.6. The van der Waals surface area contributed by atoms with Gasteiger partial charge < -0.3 is 13.3 Å². The Labute approximate surface area is 147 Å². The molecule has 0 amide bonds. The Balaban J connectivity index is 2.52. The lowest BCUT2D eigenvalue weighted by molar-refractivity contribution is 0.0712. The van der Waals surface area contributed by atoms with E-state index >= 15 is 0 Å². The van der Waals surface area contributed by atoms with Crippen LogP contribution in [0.2, 0.25) is 6.04 Å². The first kappa shape index (κ1) is 20.7. The first-order valence-electron chi connectivity index (χ1n) is 8.61. The van der Waals surface area contributed by atoms with Crippen molar-refractivity contribution in [3.63, 3.8) is 0 Å². The van der Waals surface area contributed by atoms with Crippen LogP contribution in [0, 0.1) is 0 Å². The Bertz CT molecular complexity index is 409. The zero-order valence-electron chi connectivity index (χ0n) is 15.3. The number of rotatable bonds is 12. The molecule has 0 aliphatic carbocycles. The van der Waals surface area contributed by atoms with E-state index in [9.17, 15) is 0 Å². The molecule has 0 bridgehead atoms. The molecule has 0 saturated carbocycles. The van der Waals surface area contributed by atoms with E-state index in [1.54, 1.807) is 0 Å². The Hall–Kier alpha value is -0.333. The van der Waals surface area contributed by atoms with Crippen LogP contribution < -0.4 is 0 Å². The lowest BCUT2D eigenvalue weighted by Crippen LogP contribution is -2.46. The zero-order chi connectivity index (χ0) is 17.2. The van der Waals surface area contributed by atoms with Crippen LogP contribution in [-0.2, 0) is 18.0 Å². The van der Waals surface area contributed by atoms with Crippen molar-refractivity contribution < 1.29 is 13.3 Å². The zero-order valence-corrected chi connectivity index (χ0v) is 17.1. The van der Waals surface area contributed by atoms with E-state index in [4.69, 9.17) is 13.3 Å². The van der Waals surface area contributed by atoms with Gasteiger partial charge in [-0.25, -0.2) is 0 Å². The summed E-state index contributed by atoms with van der Waals surface area (Å²) in [6, 6.07) is 11.6. The topological polar surface area (TPSA) is 27.7 Å². The van der Waals surface area contributed by atoms with Crippen molar-refractivity contribution in [1.29, 1.82) is 0 Å². The van der Waals surface area contributed by atoms with E-state index in [0.717, 1.165) is 18.2 Å². The Morgan fingerprint density at radius 1 is 0.913 bits per heavy atom. The monoisotopic (exact) mass is 356 g/mol. The molecule has 1 aromatic carbocycles. The van der Waals surface area contributed by atoms with E-state index in [0.29, 0.717) is 19.8 Å². The van der Waals surface area contributed by atoms with E-state index in [-0.39, 0.29) is 4.75 Å². The Morgan fingerprint density at radius 2 is 1.43 bits per heavy atom. The van der Waals surface area contributed by atoms with Gasteiger partial charge in [-0.2, -0.15) is 11.8 Å². The molecule has 0 aliphatic rings. The second-order valence-corrected chi connectivity index (χ2v) is 10.3. The molecule has 0 spiro atoms. The fourth-order valence-corrected chi connectivity index (χ4v) is 6.51. The summed E-state index contributed by atoms with van der Waals surface area (Å²) in [6.07, 6.45) is 1.05. The first-order valence-corrected chi connectivity index (χ1v) is 11.5. The predicted octanol–water partition coefficient (Wildman–Crippen LogP) is 5.09. The fraction of sp³-hybridized carbons (Fsp3) is 0.667. The molecule has 0 saturated heterocycles. The summed E-state index contributed by atoms with van der Waals surface area (Å²) in [5, 5.41) is 0. The van der Waals surface area contributed by atoms with Gasteiger partial charge in [0.1, 0.15) is 0 Å². The minimum atomic E-state index is -2.48. The van der Waals surface area contributed by atoms with Gasteiger partial charge in [-0.3, -0.25) is 0 Å². The number of thioether (sulfide) groups is 1. The molecule has 0 fully saturated rings. The van der Waals surface area contributed by atoms with Gasteiger partial charge in [-0.15, -0.1) is 0 Å². The molecule has 0 radical (unpaired) electrons. The molecule has 1 aromatic rings. The highest BCUT2D eigenvalue weighted by Gasteiger charge is 2.39. The lowest BCUT2D eigenvalue weighted by Gasteiger charge is -2.29. The van der Waals surface area contributed by atoms with Gasteiger partial charge >= 0.3 is 8.80 Å². The molecule has 0 heterocycles. The van der Waals surface area contributed by atoms with E-state index in [1.165, 1.54) is 5.56 Å². The highest BCUT2D eigenvalue weighted by atomic mass is 32.2. The maximum atomic E-state index is 5.91. The van der Waals surface area contributed by atoms with Gasteiger partial charge in [0, 0.05) is 30.6 Å². The van der Waals surface area contributed by atoms with Gasteiger partial charge in [-0.05, 0) is 52.4 Å². The smallest absolute Gasteiger partial charge is 0.374 e. The number of hydrogen-bond donors (Lipinski definition) is 0. The Kier molecular flexibility index (Phi) is 9.47. The Morgan fingerprint density at radius 3 is 1.91 bits per heavy atom. The number of benzene rings is 1. The van der Waals surface area contributed by atoms with Crippen molar-refractivity contribution in [2.45, 2.75) is 51.8 Å². The molecule has 0 aromatic heterocycles. The SMILES string of the molecule is CCO[Si](CCCSC(C)(C)c1ccccc1)(OCC)OCC. The van der Waals surface area contributed by atoms with Crippen molar-refractivity contribution in [2.24, 2.45) is 0 Å². The molecule has 0 atom stereocenters. The maximum Gasteiger partial charge on any atom is 0.500 e. The van der Waals surface area contributed by atoms with Crippen molar-refractivity contribution in [1.82, 2.24) is 0 Å². The van der Waals surface area contributed by atoms with Crippen LogP contribution in [0.25, 0.3) is 0 Å². The highest BCUT2D eigenvalue weighted by Crippen LogP contribution is 2.36. The minimum absolute atomic E-state index is 0.119. The maximum absolute atomic E-state index is 5.91. The van der Waals surface area contributed by atoms with Crippen LogP contribution in [0.15, 0.2) is 30.3 Å². The average Bonchev–Trinajstić information content (AvgIpc) is 2.53. The first-order chi connectivity index (χ1) is 11.0. The predicted molar refractivity (Wildman–Crippen MR) is 102 cm³/mol. The fourth-order valence-electron chi connectivity index (χ4n) is 2.54. The summed E-state index contributed by atoms with van der Waals surface area (Å²) in [5.41, 5.74) is 1.37. The third kappa shape index (κ3) is 6.97. The van der Waals surface area contributed by atoms with E-state index in [2.05, 4.69) is 44.2 Å². The van der Waals surface area contributed by atoms with Crippen LogP contribution in [0.1, 0.15) is 46.6 Å². The summed E-state index contributed by atoms with van der Waals surface area (Å²) in [4.78, 5) is 0. The molecule has 5 heteroatoms. The van der Waals surface area contributed by atoms with Gasteiger partial charge in [0.25, 0.3) is 0 Å². The summed E-state index contributed by atoms with van der Waals surface area (Å²) < 4.78 is 17.9. The van der Waals surface area contributed by atoms with Crippen molar-refractivity contribution in [3.05, 3.63) is 35.9 Å². The van der Waals surface area contributed by atoms with E-state index < -0.39 is 8.80 Å². The van der Waals surface area contributed by atoms with Crippen LogP contribution in [0.4, 0.5) is 0 Å². The van der Waals surface area contributed by atoms with Crippen LogP contribution in [0.5, 0.6) is 0 Å². The van der Waals surface area contributed by atoms with Crippen molar-refractivity contribution >= 4 is 20.6 Å². The second-order valence-electron chi connectivity index (χ2n) is 5.81. The van der Waals surface area contributed by atoms with Gasteiger partial charge in [0.15, 0.2) is 0 Å². The summed E-state index contributed by atoms with van der Waals surface area (Å²) in [7, 11) is -2.48.